The summed E-state index contributed by atoms with van der Waals surface area (Å²) in [4.78, 5) is 2.42. The Bertz CT molecular complexity index is 353. The molecule has 114 valence electrons. The SMILES string of the molecule is CCCNC(CCN(C)Cc1ccccc1)C(C)(C)C. The van der Waals surface area contributed by atoms with Crippen LogP contribution in [0, 0.1) is 5.41 Å². The normalized spacial score (nSPS) is 13.7. The van der Waals surface area contributed by atoms with Crippen LogP contribution in [0.1, 0.15) is 46.1 Å². The van der Waals surface area contributed by atoms with E-state index < -0.39 is 0 Å². The molecule has 0 bridgehead atoms. The van der Waals surface area contributed by atoms with Crippen molar-refractivity contribution in [3.63, 3.8) is 0 Å². The third-order valence-electron chi connectivity index (χ3n) is 3.78. The Hall–Kier alpha value is -0.860. The van der Waals surface area contributed by atoms with Crippen LogP contribution in [0.15, 0.2) is 30.3 Å². The van der Waals surface area contributed by atoms with Crippen molar-refractivity contribution in [1.82, 2.24) is 10.2 Å². The Morgan fingerprint density at radius 3 is 2.35 bits per heavy atom. The molecule has 0 radical (unpaired) electrons. The fraction of sp³-hybridized carbons (Fsp3) is 0.667. The van der Waals surface area contributed by atoms with Crippen molar-refractivity contribution in [3.8, 4) is 0 Å². The molecular formula is C18H32N2. The van der Waals surface area contributed by atoms with Crippen LogP contribution in [0.5, 0.6) is 0 Å². The Labute approximate surface area is 125 Å². The van der Waals surface area contributed by atoms with Gasteiger partial charge in [-0.15, -0.1) is 0 Å². The standard InChI is InChI=1S/C18H32N2/c1-6-13-19-17(18(2,3)4)12-14-20(5)15-16-10-8-7-9-11-16/h7-11,17,19H,6,12-15H2,1-5H3. The molecule has 1 atom stereocenters. The van der Waals surface area contributed by atoms with E-state index in [1.54, 1.807) is 0 Å². The van der Waals surface area contributed by atoms with E-state index in [1.165, 1.54) is 18.4 Å². The molecule has 1 aromatic carbocycles. The molecule has 0 heterocycles. The van der Waals surface area contributed by atoms with E-state index in [0.717, 1.165) is 19.6 Å². The predicted octanol–water partition coefficient (Wildman–Crippen LogP) is 3.92. The number of nitrogens with zero attached hydrogens (tertiary/aromatic N) is 1. The van der Waals surface area contributed by atoms with Gasteiger partial charge in [-0.2, -0.15) is 0 Å². The maximum absolute atomic E-state index is 3.70. The minimum Gasteiger partial charge on any atom is -0.313 e. The summed E-state index contributed by atoms with van der Waals surface area (Å²) in [6.07, 6.45) is 2.40. The van der Waals surface area contributed by atoms with Gasteiger partial charge in [0.25, 0.3) is 0 Å². The van der Waals surface area contributed by atoms with Gasteiger partial charge in [0.1, 0.15) is 0 Å². The van der Waals surface area contributed by atoms with Gasteiger partial charge in [-0.05, 0) is 44.0 Å². The van der Waals surface area contributed by atoms with Crippen LogP contribution >= 0.6 is 0 Å². The predicted molar refractivity (Wildman–Crippen MR) is 88.9 cm³/mol. The first-order valence-corrected chi connectivity index (χ1v) is 7.89. The van der Waals surface area contributed by atoms with Crippen LogP contribution in [0.4, 0.5) is 0 Å². The molecule has 0 saturated heterocycles. The van der Waals surface area contributed by atoms with E-state index >= 15 is 0 Å². The van der Waals surface area contributed by atoms with Crippen LogP contribution in [-0.4, -0.2) is 31.1 Å². The molecule has 0 amide bonds. The summed E-state index contributed by atoms with van der Waals surface area (Å²) in [7, 11) is 2.21. The molecule has 0 fully saturated rings. The molecular weight excluding hydrogens is 244 g/mol. The Balaban J connectivity index is 2.42. The summed E-state index contributed by atoms with van der Waals surface area (Å²) in [6.45, 7) is 12.5. The van der Waals surface area contributed by atoms with E-state index in [-0.39, 0.29) is 0 Å². The van der Waals surface area contributed by atoms with E-state index in [9.17, 15) is 0 Å². The molecule has 0 saturated carbocycles. The minimum absolute atomic E-state index is 0.322. The van der Waals surface area contributed by atoms with Gasteiger partial charge < -0.3 is 10.2 Å². The second-order valence-corrected chi connectivity index (χ2v) is 6.88. The fourth-order valence-corrected chi connectivity index (χ4v) is 2.48. The van der Waals surface area contributed by atoms with Gasteiger partial charge in [-0.1, -0.05) is 58.0 Å². The quantitative estimate of drug-likeness (QED) is 0.774. The zero-order chi connectivity index (χ0) is 15.0. The van der Waals surface area contributed by atoms with Crippen molar-refractivity contribution in [1.29, 1.82) is 0 Å². The lowest BCUT2D eigenvalue weighted by Gasteiger charge is -2.33. The van der Waals surface area contributed by atoms with Crippen molar-refractivity contribution in [2.75, 3.05) is 20.1 Å². The summed E-state index contributed by atoms with van der Waals surface area (Å²) in [5.74, 6) is 0. The molecule has 1 N–H and O–H groups in total. The van der Waals surface area contributed by atoms with E-state index in [0.29, 0.717) is 11.5 Å². The van der Waals surface area contributed by atoms with Crippen LogP contribution < -0.4 is 5.32 Å². The van der Waals surface area contributed by atoms with Crippen molar-refractivity contribution in [3.05, 3.63) is 35.9 Å². The summed E-state index contributed by atoms with van der Waals surface area (Å²) in [5.41, 5.74) is 1.71. The zero-order valence-electron chi connectivity index (χ0n) is 13.9. The lowest BCUT2D eigenvalue weighted by atomic mass is 9.84. The number of hydrogen-bond donors (Lipinski definition) is 1. The first-order valence-electron chi connectivity index (χ1n) is 7.89. The van der Waals surface area contributed by atoms with Crippen LogP contribution in [-0.2, 0) is 6.54 Å². The van der Waals surface area contributed by atoms with Gasteiger partial charge in [0.2, 0.25) is 0 Å². The monoisotopic (exact) mass is 276 g/mol. The molecule has 1 rings (SSSR count). The molecule has 2 heteroatoms. The number of benzene rings is 1. The van der Waals surface area contributed by atoms with Gasteiger partial charge in [0.05, 0.1) is 0 Å². The largest absolute Gasteiger partial charge is 0.313 e. The molecule has 0 aliphatic heterocycles. The highest BCUT2D eigenvalue weighted by Crippen LogP contribution is 2.22. The van der Waals surface area contributed by atoms with Crippen molar-refractivity contribution < 1.29 is 0 Å². The van der Waals surface area contributed by atoms with Gasteiger partial charge >= 0.3 is 0 Å². The molecule has 0 aromatic heterocycles. The average molecular weight is 276 g/mol. The lowest BCUT2D eigenvalue weighted by molar-refractivity contribution is 0.219. The van der Waals surface area contributed by atoms with Crippen molar-refractivity contribution >= 4 is 0 Å². The highest BCUT2D eigenvalue weighted by molar-refractivity contribution is 5.14. The van der Waals surface area contributed by atoms with Gasteiger partial charge in [-0.3, -0.25) is 0 Å². The molecule has 20 heavy (non-hydrogen) atoms. The first-order chi connectivity index (χ1) is 9.43. The fourth-order valence-electron chi connectivity index (χ4n) is 2.48. The van der Waals surface area contributed by atoms with E-state index in [4.69, 9.17) is 0 Å². The Kier molecular flexibility index (Phi) is 7.25. The van der Waals surface area contributed by atoms with Gasteiger partial charge in [-0.25, -0.2) is 0 Å². The Morgan fingerprint density at radius 2 is 1.80 bits per heavy atom. The average Bonchev–Trinajstić information content (AvgIpc) is 2.38. The smallest absolute Gasteiger partial charge is 0.0230 e. The minimum atomic E-state index is 0.322. The van der Waals surface area contributed by atoms with Gasteiger partial charge in [0, 0.05) is 12.6 Å². The third kappa shape index (κ3) is 6.53. The second kappa shape index (κ2) is 8.43. The summed E-state index contributed by atoms with van der Waals surface area (Å²) < 4.78 is 0. The van der Waals surface area contributed by atoms with Crippen molar-refractivity contribution in [2.24, 2.45) is 5.41 Å². The summed E-state index contributed by atoms with van der Waals surface area (Å²) >= 11 is 0. The highest BCUT2D eigenvalue weighted by Gasteiger charge is 2.23. The Morgan fingerprint density at radius 1 is 1.15 bits per heavy atom. The highest BCUT2D eigenvalue weighted by atomic mass is 15.1. The molecule has 0 spiro atoms. The number of hydrogen-bond acceptors (Lipinski definition) is 2. The van der Waals surface area contributed by atoms with Crippen LogP contribution in [0.2, 0.25) is 0 Å². The zero-order valence-corrected chi connectivity index (χ0v) is 13.9. The van der Waals surface area contributed by atoms with Crippen molar-refractivity contribution in [2.45, 2.75) is 53.1 Å². The van der Waals surface area contributed by atoms with E-state index in [1.807, 2.05) is 0 Å². The van der Waals surface area contributed by atoms with Gasteiger partial charge in [0.15, 0.2) is 0 Å². The molecule has 1 aromatic rings. The topological polar surface area (TPSA) is 15.3 Å². The molecule has 2 nitrogen and oxygen atoms in total. The lowest BCUT2D eigenvalue weighted by Crippen LogP contribution is -2.42. The second-order valence-electron chi connectivity index (χ2n) is 6.88. The summed E-state index contributed by atoms with van der Waals surface area (Å²) in [5, 5.41) is 3.70. The van der Waals surface area contributed by atoms with Crippen LogP contribution in [0.3, 0.4) is 0 Å². The maximum atomic E-state index is 3.70. The first kappa shape index (κ1) is 17.2. The number of nitrogens with one attached hydrogen (secondary N) is 1. The maximum Gasteiger partial charge on any atom is 0.0230 e. The molecule has 1 unspecified atom stereocenters. The summed E-state index contributed by atoms with van der Waals surface area (Å²) in [6, 6.07) is 11.3. The third-order valence-corrected chi connectivity index (χ3v) is 3.78. The molecule has 0 aliphatic carbocycles. The van der Waals surface area contributed by atoms with Crippen LogP contribution in [0.25, 0.3) is 0 Å². The molecule has 0 aliphatic rings. The van der Waals surface area contributed by atoms with E-state index in [2.05, 4.69) is 75.3 Å². The number of rotatable bonds is 8.